The minimum absolute atomic E-state index is 0.0753. The van der Waals surface area contributed by atoms with Gasteiger partial charge in [0, 0.05) is 6.61 Å². The van der Waals surface area contributed by atoms with Crippen LogP contribution >= 0.6 is 0 Å². The number of hydrogen-bond acceptors (Lipinski definition) is 4. The Bertz CT molecular complexity index is 381. The summed E-state index contributed by atoms with van der Waals surface area (Å²) in [6.07, 6.45) is 0.751. The van der Waals surface area contributed by atoms with Gasteiger partial charge in [-0.25, -0.2) is 8.42 Å². The first kappa shape index (κ1) is 13.5. The van der Waals surface area contributed by atoms with E-state index in [1.165, 1.54) is 0 Å². The van der Waals surface area contributed by atoms with Gasteiger partial charge >= 0.3 is 0 Å². The van der Waals surface area contributed by atoms with Crippen LogP contribution in [0.5, 0.6) is 0 Å². The Balaban J connectivity index is 2.63. The minimum Gasteiger partial charge on any atom is -0.377 e. The van der Waals surface area contributed by atoms with E-state index in [4.69, 9.17) is 10.00 Å². The van der Waals surface area contributed by atoms with Crippen molar-refractivity contribution in [3.05, 3.63) is 0 Å². The molecule has 92 valence electrons. The minimum atomic E-state index is -3.13. The molecule has 0 radical (unpaired) electrons. The average molecular weight is 245 g/mol. The lowest BCUT2D eigenvalue weighted by atomic mass is 9.93. The van der Waals surface area contributed by atoms with Gasteiger partial charge in [0.25, 0.3) is 0 Å². The molecule has 4 nitrogen and oxygen atoms in total. The molecule has 0 aromatic carbocycles. The van der Waals surface area contributed by atoms with Gasteiger partial charge in [0.05, 0.1) is 28.6 Å². The Morgan fingerprint density at radius 1 is 1.50 bits per heavy atom. The smallest absolute Gasteiger partial charge is 0.155 e. The summed E-state index contributed by atoms with van der Waals surface area (Å²) in [5.41, 5.74) is -0.574. The van der Waals surface area contributed by atoms with E-state index in [0.29, 0.717) is 19.4 Å². The Hall–Kier alpha value is -0.600. The highest BCUT2D eigenvalue weighted by atomic mass is 32.2. The summed E-state index contributed by atoms with van der Waals surface area (Å²) in [6, 6.07) is 2.12. The van der Waals surface area contributed by atoms with Crippen LogP contribution in [0.4, 0.5) is 0 Å². The fourth-order valence-corrected chi connectivity index (χ4v) is 4.00. The monoisotopic (exact) mass is 245 g/mol. The van der Waals surface area contributed by atoms with Crippen LogP contribution in [-0.2, 0) is 14.6 Å². The van der Waals surface area contributed by atoms with Gasteiger partial charge in [-0.3, -0.25) is 0 Å². The van der Waals surface area contributed by atoms with Crippen LogP contribution < -0.4 is 0 Å². The maximum atomic E-state index is 12.0. The molecule has 0 aromatic rings. The number of rotatable bonds is 4. The van der Waals surface area contributed by atoms with Gasteiger partial charge < -0.3 is 4.74 Å². The van der Waals surface area contributed by atoms with Crippen molar-refractivity contribution in [2.75, 3.05) is 12.4 Å². The Morgan fingerprint density at radius 3 is 2.56 bits per heavy atom. The number of sulfone groups is 1. The van der Waals surface area contributed by atoms with Crippen molar-refractivity contribution in [3.63, 3.8) is 0 Å². The molecule has 1 aliphatic rings. The molecular formula is C11H19NO3S. The first-order valence-electron chi connectivity index (χ1n) is 5.53. The normalized spacial score (nSPS) is 26.6. The highest BCUT2D eigenvalue weighted by Crippen LogP contribution is 2.25. The van der Waals surface area contributed by atoms with E-state index >= 15 is 0 Å². The van der Waals surface area contributed by atoms with Crippen molar-refractivity contribution in [2.45, 2.75) is 45.0 Å². The molecule has 0 aliphatic carbocycles. The van der Waals surface area contributed by atoms with Gasteiger partial charge in [0.15, 0.2) is 9.84 Å². The van der Waals surface area contributed by atoms with Crippen LogP contribution in [0.25, 0.3) is 0 Å². The topological polar surface area (TPSA) is 67.2 Å². The van der Waals surface area contributed by atoms with E-state index in [0.717, 1.165) is 0 Å². The van der Waals surface area contributed by atoms with Gasteiger partial charge in [-0.05, 0) is 33.6 Å². The van der Waals surface area contributed by atoms with E-state index in [-0.39, 0.29) is 17.1 Å². The van der Waals surface area contributed by atoms with Crippen molar-refractivity contribution in [2.24, 2.45) is 5.41 Å². The third-order valence-electron chi connectivity index (χ3n) is 3.08. The van der Waals surface area contributed by atoms with Crippen LogP contribution in [0.3, 0.4) is 0 Å². The first-order chi connectivity index (χ1) is 7.28. The van der Waals surface area contributed by atoms with Gasteiger partial charge in [-0.2, -0.15) is 5.26 Å². The molecule has 1 aliphatic heterocycles. The van der Waals surface area contributed by atoms with Crippen molar-refractivity contribution in [1.29, 1.82) is 5.26 Å². The van der Waals surface area contributed by atoms with Crippen molar-refractivity contribution in [3.8, 4) is 6.07 Å². The molecule has 2 unspecified atom stereocenters. The van der Waals surface area contributed by atoms with Crippen molar-refractivity contribution >= 4 is 9.84 Å². The highest BCUT2D eigenvalue weighted by molar-refractivity contribution is 7.92. The molecular weight excluding hydrogens is 226 g/mol. The van der Waals surface area contributed by atoms with Gasteiger partial charge in [0.1, 0.15) is 0 Å². The molecule has 0 aromatic heterocycles. The van der Waals surface area contributed by atoms with Gasteiger partial charge in [0.2, 0.25) is 0 Å². The quantitative estimate of drug-likeness (QED) is 0.753. The van der Waals surface area contributed by atoms with Crippen LogP contribution in [0.2, 0.25) is 0 Å². The third-order valence-corrected chi connectivity index (χ3v) is 5.40. The molecule has 16 heavy (non-hydrogen) atoms. The molecule has 2 atom stereocenters. The summed E-state index contributed by atoms with van der Waals surface area (Å²) in [6.45, 7) is 5.84. The summed E-state index contributed by atoms with van der Waals surface area (Å²) in [7, 11) is -3.13. The second-order valence-corrected chi connectivity index (χ2v) is 7.36. The van der Waals surface area contributed by atoms with Crippen LogP contribution in [-0.4, -0.2) is 32.1 Å². The summed E-state index contributed by atoms with van der Waals surface area (Å²) in [4.78, 5) is 0. The molecule has 0 N–H and O–H groups in total. The predicted octanol–water partition coefficient (Wildman–Crippen LogP) is 1.52. The second-order valence-electron chi connectivity index (χ2n) is 5.02. The standard InChI is InChI=1S/C11H19NO3S/c1-9-10(4-6-15-9)16(13,14)7-5-11(2,3)8-12/h9-10H,4-7H2,1-3H3. The van der Waals surface area contributed by atoms with E-state index < -0.39 is 15.3 Å². The predicted molar refractivity (Wildman–Crippen MR) is 61.6 cm³/mol. The summed E-state index contributed by atoms with van der Waals surface area (Å²) in [5.74, 6) is 0.0753. The van der Waals surface area contributed by atoms with E-state index in [1.54, 1.807) is 20.8 Å². The van der Waals surface area contributed by atoms with Crippen LogP contribution in [0.1, 0.15) is 33.6 Å². The van der Waals surface area contributed by atoms with Crippen LogP contribution in [0.15, 0.2) is 0 Å². The number of hydrogen-bond donors (Lipinski definition) is 0. The summed E-state index contributed by atoms with van der Waals surface area (Å²) in [5, 5.41) is 8.45. The van der Waals surface area contributed by atoms with E-state index in [9.17, 15) is 8.42 Å². The van der Waals surface area contributed by atoms with Crippen LogP contribution in [0, 0.1) is 16.7 Å². The Kier molecular flexibility index (Phi) is 3.97. The fraction of sp³-hybridized carbons (Fsp3) is 0.909. The molecule has 5 heteroatoms. The molecule has 1 fully saturated rings. The zero-order chi connectivity index (χ0) is 12.4. The Morgan fingerprint density at radius 2 is 2.12 bits per heavy atom. The van der Waals surface area contributed by atoms with Gasteiger partial charge in [-0.1, -0.05) is 0 Å². The molecule has 1 rings (SSSR count). The lowest BCUT2D eigenvalue weighted by molar-refractivity contribution is 0.126. The summed E-state index contributed by atoms with van der Waals surface area (Å²) >= 11 is 0. The maximum absolute atomic E-state index is 12.0. The molecule has 0 saturated carbocycles. The van der Waals surface area contributed by atoms with Gasteiger partial charge in [-0.15, -0.1) is 0 Å². The number of ether oxygens (including phenoxy) is 1. The lowest BCUT2D eigenvalue weighted by Crippen LogP contribution is -2.31. The van der Waals surface area contributed by atoms with Crippen molar-refractivity contribution in [1.82, 2.24) is 0 Å². The maximum Gasteiger partial charge on any atom is 0.155 e. The largest absolute Gasteiger partial charge is 0.377 e. The fourth-order valence-electron chi connectivity index (χ4n) is 1.79. The highest BCUT2D eigenvalue weighted by Gasteiger charge is 2.36. The zero-order valence-electron chi connectivity index (χ0n) is 10.1. The zero-order valence-corrected chi connectivity index (χ0v) is 10.9. The number of nitrogens with zero attached hydrogens (tertiary/aromatic N) is 1. The third kappa shape index (κ3) is 3.19. The first-order valence-corrected chi connectivity index (χ1v) is 7.24. The molecule has 1 heterocycles. The Labute approximate surface area is 97.5 Å². The number of nitriles is 1. The SMILES string of the molecule is CC1OCCC1S(=O)(=O)CCC(C)(C)C#N. The molecule has 1 saturated heterocycles. The van der Waals surface area contributed by atoms with Crippen molar-refractivity contribution < 1.29 is 13.2 Å². The molecule has 0 amide bonds. The lowest BCUT2D eigenvalue weighted by Gasteiger charge is -2.19. The molecule has 0 spiro atoms. The second kappa shape index (κ2) is 4.72. The molecule has 0 bridgehead atoms. The van der Waals surface area contributed by atoms with E-state index in [1.807, 2.05) is 0 Å². The average Bonchev–Trinajstić information content (AvgIpc) is 2.63. The van der Waals surface area contributed by atoms with E-state index in [2.05, 4.69) is 6.07 Å². The summed E-state index contributed by atoms with van der Waals surface area (Å²) < 4.78 is 29.3.